The molecular formula is C14H16FN3O. The zero-order valence-electron chi connectivity index (χ0n) is 10.9. The van der Waals surface area contributed by atoms with Gasteiger partial charge in [0.2, 0.25) is 0 Å². The van der Waals surface area contributed by atoms with Gasteiger partial charge >= 0.3 is 0 Å². The zero-order valence-corrected chi connectivity index (χ0v) is 10.9. The fourth-order valence-electron chi connectivity index (χ4n) is 1.94. The highest BCUT2D eigenvalue weighted by Crippen LogP contribution is 2.14. The number of hydrogen-bond donors (Lipinski definition) is 2. The molecular weight excluding hydrogens is 245 g/mol. The second-order valence-corrected chi connectivity index (χ2v) is 4.43. The third-order valence-corrected chi connectivity index (χ3v) is 2.87. The summed E-state index contributed by atoms with van der Waals surface area (Å²) in [4.78, 5) is 19.2. The second kappa shape index (κ2) is 5.65. The maximum Gasteiger partial charge on any atom is 0.251 e. The van der Waals surface area contributed by atoms with E-state index in [2.05, 4.69) is 15.3 Å². The van der Waals surface area contributed by atoms with Crippen LogP contribution in [0.5, 0.6) is 0 Å². The van der Waals surface area contributed by atoms with Crippen LogP contribution in [0.25, 0.3) is 0 Å². The molecule has 1 aromatic carbocycles. The number of H-pyrrole nitrogens is 1. The number of hydrogen-bond acceptors (Lipinski definition) is 2. The highest BCUT2D eigenvalue weighted by molar-refractivity contribution is 5.94. The van der Waals surface area contributed by atoms with Crippen LogP contribution in [0.4, 0.5) is 4.39 Å². The Balaban J connectivity index is 2.15. The normalized spacial score (nSPS) is 12.2. The summed E-state index contributed by atoms with van der Waals surface area (Å²) in [5, 5.41) is 2.84. The fraction of sp³-hybridized carbons (Fsp3) is 0.286. The second-order valence-electron chi connectivity index (χ2n) is 4.43. The van der Waals surface area contributed by atoms with Gasteiger partial charge in [-0.15, -0.1) is 0 Å². The lowest BCUT2D eigenvalue weighted by Crippen LogP contribution is -2.29. The van der Waals surface area contributed by atoms with Crippen molar-refractivity contribution in [1.82, 2.24) is 15.3 Å². The van der Waals surface area contributed by atoms with Crippen LogP contribution in [0.1, 0.15) is 41.1 Å². The van der Waals surface area contributed by atoms with Crippen LogP contribution < -0.4 is 5.32 Å². The van der Waals surface area contributed by atoms with Gasteiger partial charge < -0.3 is 10.3 Å². The van der Waals surface area contributed by atoms with Gasteiger partial charge in [0, 0.05) is 18.0 Å². The molecule has 100 valence electrons. The van der Waals surface area contributed by atoms with Crippen LogP contribution in [0.3, 0.4) is 0 Å². The first-order valence-electron chi connectivity index (χ1n) is 6.17. The predicted octanol–water partition coefficient (Wildman–Crippen LogP) is 2.74. The summed E-state index contributed by atoms with van der Waals surface area (Å²) in [5.41, 5.74) is 1.04. The Hall–Kier alpha value is -2.17. The Morgan fingerprint density at radius 2 is 2.26 bits per heavy atom. The Kier molecular flexibility index (Phi) is 3.94. The van der Waals surface area contributed by atoms with Gasteiger partial charge in [0.05, 0.1) is 6.04 Å². The molecule has 2 N–H and O–H groups in total. The van der Waals surface area contributed by atoms with E-state index < -0.39 is 5.82 Å². The number of aromatic nitrogens is 2. The number of nitrogens with one attached hydrogen (secondary N) is 2. The van der Waals surface area contributed by atoms with Gasteiger partial charge in [-0.05, 0) is 37.1 Å². The number of halogens is 1. The molecule has 0 saturated heterocycles. The predicted molar refractivity (Wildman–Crippen MR) is 70.2 cm³/mol. The number of aromatic amines is 1. The van der Waals surface area contributed by atoms with Crippen molar-refractivity contribution in [3.63, 3.8) is 0 Å². The van der Waals surface area contributed by atoms with Gasteiger partial charge in [0.1, 0.15) is 11.6 Å². The SMILES string of the molecule is CCC(NC(=O)c1cc(C)cc(F)c1)c1ncc[nH]1. The van der Waals surface area contributed by atoms with Crippen LogP contribution in [0.15, 0.2) is 30.6 Å². The van der Waals surface area contributed by atoms with Crippen LogP contribution >= 0.6 is 0 Å². The first-order chi connectivity index (χ1) is 9.10. The number of aryl methyl sites for hydroxylation is 1. The number of nitrogens with zero attached hydrogens (tertiary/aromatic N) is 1. The molecule has 0 aliphatic carbocycles. The highest BCUT2D eigenvalue weighted by Gasteiger charge is 2.16. The minimum Gasteiger partial charge on any atom is -0.347 e. The average molecular weight is 261 g/mol. The van der Waals surface area contributed by atoms with Crippen LogP contribution in [-0.4, -0.2) is 15.9 Å². The van der Waals surface area contributed by atoms with Crippen LogP contribution in [0, 0.1) is 12.7 Å². The zero-order chi connectivity index (χ0) is 13.8. The van der Waals surface area contributed by atoms with E-state index in [1.165, 1.54) is 12.1 Å². The van der Waals surface area contributed by atoms with Gasteiger partial charge in [-0.2, -0.15) is 0 Å². The van der Waals surface area contributed by atoms with E-state index in [0.29, 0.717) is 17.8 Å². The molecule has 1 aromatic heterocycles. The standard InChI is InChI=1S/C14H16FN3O/c1-3-12(13-16-4-5-17-13)18-14(19)10-6-9(2)7-11(15)8-10/h4-8,12H,3H2,1-2H3,(H,16,17)(H,18,19). The number of rotatable bonds is 4. The number of benzene rings is 1. The molecule has 19 heavy (non-hydrogen) atoms. The number of carbonyl (C=O) groups excluding carboxylic acids is 1. The smallest absolute Gasteiger partial charge is 0.251 e. The largest absolute Gasteiger partial charge is 0.347 e. The summed E-state index contributed by atoms with van der Waals surface area (Å²) in [6.07, 6.45) is 4.04. The fourth-order valence-corrected chi connectivity index (χ4v) is 1.94. The molecule has 5 heteroatoms. The summed E-state index contributed by atoms with van der Waals surface area (Å²) < 4.78 is 13.3. The van der Waals surface area contributed by atoms with Crippen molar-refractivity contribution in [2.75, 3.05) is 0 Å². The van der Waals surface area contributed by atoms with E-state index in [1.54, 1.807) is 25.4 Å². The van der Waals surface area contributed by atoms with E-state index in [-0.39, 0.29) is 11.9 Å². The number of amides is 1. The van der Waals surface area contributed by atoms with Gasteiger partial charge in [0.25, 0.3) is 5.91 Å². The van der Waals surface area contributed by atoms with E-state index in [0.717, 1.165) is 5.56 Å². The van der Waals surface area contributed by atoms with Gasteiger partial charge in [-0.3, -0.25) is 4.79 Å². The van der Waals surface area contributed by atoms with Gasteiger partial charge in [-0.1, -0.05) is 6.92 Å². The molecule has 4 nitrogen and oxygen atoms in total. The lowest BCUT2D eigenvalue weighted by molar-refractivity contribution is 0.0933. The topological polar surface area (TPSA) is 57.8 Å². The Bertz CT molecular complexity index is 546. The summed E-state index contributed by atoms with van der Waals surface area (Å²) in [5.74, 6) is -0.00831. The lowest BCUT2D eigenvalue weighted by atomic mass is 10.1. The molecule has 1 atom stereocenters. The number of carbonyl (C=O) groups is 1. The minimum atomic E-state index is -0.406. The Labute approximate surface area is 111 Å². The molecule has 0 radical (unpaired) electrons. The van der Waals surface area contributed by atoms with Gasteiger partial charge in [-0.25, -0.2) is 9.37 Å². The Morgan fingerprint density at radius 3 is 2.84 bits per heavy atom. The van der Waals surface area contributed by atoms with E-state index in [4.69, 9.17) is 0 Å². The molecule has 2 rings (SSSR count). The Morgan fingerprint density at radius 1 is 1.47 bits per heavy atom. The lowest BCUT2D eigenvalue weighted by Gasteiger charge is -2.15. The van der Waals surface area contributed by atoms with Crippen LogP contribution in [-0.2, 0) is 0 Å². The quantitative estimate of drug-likeness (QED) is 0.889. The molecule has 0 aliphatic rings. The molecule has 0 spiro atoms. The summed E-state index contributed by atoms with van der Waals surface area (Å²) in [6.45, 7) is 3.70. The molecule has 0 fully saturated rings. The molecule has 0 saturated carbocycles. The van der Waals surface area contributed by atoms with E-state index >= 15 is 0 Å². The maximum atomic E-state index is 13.3. The molecule has 0 bridgehead atoms. The van der Waals surface area contributed by atoms with Crippen molar-refractivity contribution in [1.29, 1.82) is 0 Å². The third-order valence-electron chi connectivity index (χ3n) is 2.87. The molecule has 2 aromatic rings. The third kappa shape index (κ3) is 3.19. The molecule has 1 amide bonds. The van der Waals surface area contributed by atoms with Gasteiger partial charge in [0.15, 0.2) is 0 Å². The maximum absolute atomic E-state index is 13.3. The van der Waals surface area contributed by atoms with Crippen molar-refractivity contribution in [2.24, 2.45) is 0 Å². The first kappa shape index (κ1) is 13.3. The van der Waals surface area contributed by atoms with Crippen molar-refractivity contribution in [2.45, 2.75) is 26.3 Å². The molecule has 1 unspecified atom stereocenters. The van der Waals surface area contributed by atoms with Crippen molar-refractivity contribution in [3.05, 3.63) is 53.4 Å². The first-order valence-corrected chi connectivity index (χ1v) is 6.17. The highest BCUT2D eigenvalue weighted by atomic mass is 19.1. The van der Waals surface area contributed by atoms with Crippen molar-refractivity contribution >= 4 is 5.91 Å². The van der Waals surface area contributed by atoms with Crippen molar-refractivity contribution in [3.8, 4) is 0 Å². The summed E-state index contributed by atoms with van der Waals surface area (Å²) in [7, 11) is 0. The van der Waals surface area contributed by atoms with Crippen LogP contribution in [0.2, 0.25) is 0 Å². The minimum absolute atomic E-state index is 0.203. The molecule has 0 aliphatic heterocycles. The monoisotopic (exact) mass is 261 g/mol. The molecule has 1 heterocycles. The van der Waals surface area contributed by atoms with E-state index in [1.807, 2.05) is 6.92 Å². The van der Waals surface area contributed by atoms with E-state index in [9.17, 15) is 9.18 Å². The average Bonchev–Trinajstić information content (AvgIpc) is 2.88. The summed E-state index contributed by atoms with van der Waals surface area (Å²) >= 11 is 0. The van der Waals surface area contributed by atoms with Crippen molar-refractivity contribution < 1.29 is 9.18 Å². The summed E-state index contributed by atoms with van der Waals surface area (Å²) in [6, 6.07) is 4.08. The number of imidazole rings is 1.